The average molecular weight is 426 g/mol. The van der Waals surface area contributed by atoms with E-state index in [9.17, 15) is 15.0 Å². The fourth-order valence-corrected chi connectivity index (χ4v) is 2.17. The van der Waals surface area contributed by atoms with Gasteiger partial charge in [-0.15, -0.1) is 0 Å². The molecule has 0 aromatic heterocycles. The van der Waals surface area contributed by atoms with E-state index in [1.807, 2.05) is 0 Å². The van der Waals surface area contributed by atoms with Crippen LogP contribution in [0.25, 0.3) is 11.1 Å². The minimum Gasteiger partial charge on any atom is -0.478 e. The maximum atomic E-state index is 11.7. The van der Waals surface area contributed by atoms with Crippen LogP contribution < -0.4 is 10.6 Å². The molecule has 5 nitrogen and oxygen atoms in total. The Morgan fingerprint density at radius 2 is 1.83 bits per heavy atom. The summed E-state index contributed by atoms with van der Waals surface area (Å²) in [6.07, 6.45) is -2.89. The first-order valence-electron chi connectivity index (χ1n) is 15.5. The number of benzene rings is 3. The monoisotopic (exact) mass is 425 g/mol. The van der Waals surface area contributed by atoms with Gasteiger partial charge in [0.05, 0.1) is 29.5 Å². The minimum atomic E-state index is -2.89. The number of carbonyl (C=O) groups is 1. The second-order valence-electron chi connectivity index (χ2n) is 5.32. The summed E-state index contributed by atoms with van der Waals surface area (Å²) >= 11 is 5.83. The molecule has 0 saturated heterocycles. The van der Waals surface area contributed by atoms with Crippen molar-refractivity contribution in [1.29, 1.82) is 0 Å². The molecule has 0 aliphatic carbocycles. The first kappa shape index (κ1) is 8.88. The third kappa shape index (κ3) is 6.06. The Kier molecular flexibility index (Phi) is 3.08. The molecule has 6 heteroatoms. The number of hydrogen-bond acceptors (Lipinski definition) is 4. The molecular formula is C23H23ClN2O3. The van der Waals surface area contributed by atoms with E-state index in [4.69, 9.17) is 32.2 Å². The predicted octanol–water partition coefficient (Wildman–Crippen LogP) is 4.44. The number of aromatic carboxylic acids is 1. The van der Waals surface area contributed by atoms with E-state index in [1.165, 1.54) is 0 Å². The van der Waals surface area contributed by atoms with Crippen LogP contribution in [0.3, 0.4) is 0 Å². The van der Waals surface area contributed by atoms with Gasteiger partial charge in [0.25, 0.3) is 0 Å². The SMILES string of the molecule is [2H]c1c([2H])c(NCC([2H])([2H])NC[C@@]([2H])(O)c2c([2H])c([2H])c([2H])c(Cl)c2[2H])c([2H])c(-c2c([2H])c([2H])c([2H])c(C(=O)O)c2[2H])c1[2H]. The van der Waals surface area contributed by atoms with Crippen molar-refractivity contribution in [3.05, 3.63) is 88.7 Å². The Bertz CT molecular complexity index is 1670. The number of halogens is 1. The maximum Gasteiger partial charge on any atom is 0.335 e. The third-order valence-electron chi connectivity index (χ3n) is 3.33. The van der Waals surface area contributed by atoms with Crippen molar-refractivity contribution in [3.63, 3.8) is 0 Å². The summed E-state index contributed by atoms with van der Waals surface area (Å²) in [7, 11) is 0. The van der Waals surface area contributed by atoms with Crippen molar-refractivity contribution in [1.82, 2.24) is 5.32 Å². The van der Waals surface area contributed by atoms with E-state index < -0.39 is 137 Å². The zero-order valence-electron chi connectivity index (χ0n) is 29.6. The summed E-state index contributed by atoms with van der Waals surface area (Å²) in [5.41, 5.74) is -3.73. The molecule has 0 fully saturated rings. The summed E-state index contributed by atoms with van der Waals surface area (Å²) in [5.74, 6) is -1.78. The zero-order valence-corrected chi connectivity index (χ0v) is 15.4. The molecule has 0 radical (unpaired) electrons. The van der Waals surface area contributed by atoms with Gasteiger partial charge in [-0.25, -0.2) is 4.79 Å². The van der Waals surface area contributed by atoms with Gasteiger partial charge >= 0.3 is 5.97 Å². The Morgan fingerprint density at radius 3 is 2.62 bits per heavy atom. The molecule has 150 valence electrons. The molecule has 0 bridgehead atoms. The van der Waals surface area contributed by atoms with Gasteiger partial charge in [-0.3, -0.25) is 0 Å². The summed E-state index contributed by atoms with van der Waals surface area (Å²) in [5, 5.41) is 24.1. The number of hydrogen-bond donors (Lipinski definition) is 4. The lowest BCUT2D eigenvalue weighted by Gasteiger charge is -2.13. The van der Waals surface area contributed by atoms with Gasteiger partial charge in [0.2, 0.25) is 0 Å². The Balaban J connectivity index is 2.01. The lowest BCUT2D eigenvalue weighted by atomic mass is 10.0. The Morgan fingerprint density at radius 1 is 1.10 bits per heavy atom. The molecule has 29 heavy (non-hydrogen) atoms. The van der Waals surface area contributed by atoms with Crippen LogP contribution >= 0.6 is 11.6 Å². The zero-order chi connectivity index (χ0) is 33.8. The van der Waals surface area contributed by atoms with Crippen LogP contribution in [0.5, 0.6) is 0 Å². The molecule has 3 rings (SSSR count). The number of rotatable bonds is 9. The Hall–Kier alpha value is -2.86. The molecule has 0 aliphatic heterocycles. The van der Waals surface area contributed by atoms with Gasteiger partial charge in [-0.05, 0) is 52.9 Å². The van der Waals surface area contributed by atoms with Gasteiger partial charge < -0.3 is 20.8 Å². The average Bonchev–Trinajstić information content (AvgIpc) is 2.93. The van der Waals surface area contributed by atoms with E-state index in [0.29, 0.717) is 0 Å². The second-order valence-corrected chi connectivity index (χ2v) is 5.70. The molecule has 3 aromatic carbocycles. The molecule has 0 saturated carbocycles. The molecular weight excluding hydrogens is 388 g/mol. The molecule has 0 unspecified atom stereocenters. The summed E-state index contributed by atoms with van der Waals surface area (Å²) < 4.78 is 122. The number of carboxylic acids is 1. The highest BCUT2D eigenvalue weighted by Gasteiger charge is 2.07. The van der Waals surface area contributed by atoms with Gasteiger partial charge in [-0.2, -0.15) is 0 Å². The highest BCUT2D eigenvalue weighted by Crippen LogP contribution is 2.23. The van der Waals surface area contributed by atoms with Crippen molar-refractivity contribution in [2.75, 3.05) is 24.9 Å². The van der Waals surface area contributed by atoms with Crippen molar-refractivity contribution >= 4 is 23.3 Å². The lowest BCUT2D eigenvalue weighted by molar-refractivity contribution is 0.0697. The van der Waals surface area contributed by atoms with Gasteiger partial charge in [-0.1, -0.05) is 47.9 Å². The molecule has 1 atom stereocenters. The first-order chi connectivity index (χ1) is 20.1. The number of nitrogens with one attached hydrogen (secondary N) is 2. The first-order valence-corrected chi connectivity index (χ1v) is 8.38. The smallest absolute Gasteiger partial charge is 0.335 e. The minimum absolute atomic E-state index is 0.580. The Labute approximate surface area is 196 Å². The van der Waals surface area contributed by atoms with E-state index in [2.05, 4.69) is 10.6 Å². The molecule has 0 aliphatic rings. The van der Waals surface area contributed by atoms with Crippen molar-refractivity contribution in [3.8, 4) is 11.1 Å². The van der Waals surface area contributed by atoms with Crippen molar-refractivity contribution in [2.24, 2.45) is 0 Å². The predicted molar refractivity (Wildman–Crippen MR) is 117 cm³/mol. The molecule has 3 aromatic rings. The topological polar surface area (TPSA) is 81.6 Å². The standard InChI is InChI=1S/C23H23ClN2O3/c24-20-8-2-6-18(13-20)22(27)15-25-10-11-26-21-9-3-5-17(14-21)16-4-1-7-19(12-16)23(28)29/h1-9,12-14,22,25-27H,10-11,15H2,(H,28,29)/t22-/m1/s1/i1D,2D,3D,4D,5D,6D,7D,8D,9D,10D2,12D,13D,14D,22D. The number of anilines is 1. The maximum absolute atomic E-state index is 11.7. The molecule has 0 amide bonds. The summed E-state index contributed by atoms with van der Waals surface area (Å²) in [4.78, 5) is 11.7. The lowest BCUT2D eigenvalue weighted by Crippen LogP contribution is -2.26. The fourth-order valence-electron chi connectivity index (χ4n) is 2.03. The van der Waals surface area contributed by atoms with E-state index >= 15 is 0 Å². The van der Waals surface area contributed by atoms with Crippen LogP contribution in [-0.2, 0) is 0 Å². The second kappa shape index (κ2) is 10.1. The van der Waals surface area contributed by atoms with Crippen molar-refractivity contribution < 1.29 is 35.6 Å². The van der Waals surface area contributed by atoms with Gasteiger partial charge in [0, 0.05) is 33.0 Å². The van der Waals surface area contributed by atoms with Crippen LogP contribution in [-0.4, -0.2) is 35.8 Å². The number of carboxylic acid groups (broad SMARTS) is 1. The third-order valence-corrected chi connectivity index (χ3v) is 3.52. The van der Waals surface area contributed by atoms with Crippen LogP contribution in [0.1, 0.15) is 42.6 Å². The van der Waals surface area contributed by atoms with E-state index in [0.717, 1.165) is 0 Å². The fraction of sp³-hybridized carbons (Fsp3) is 0.174. The van der Waals surface area contributed by atoms with Gasteiger partial charge in [0.15, 0.2) is 0 Å². The summed E-state index contributed by atoms with van der Waals surface area (Å²) in [6.45, 7) is -4.42. The molecule has 0 heterocycles. The van der Waals surface area contributed by atoms with E-state index in [1.54, 1.807) is 0 Å². The highest BCUT2D eigenvalue weighted by molar-refractivity contribution is 6.30. The van der Waals surface area contributed by atoms with Crippen molar-refractivity contribution in [2.45, 2.75) is 6.08 Å². The normalized spacial score (nSPS) is 20.7. The quantitative estimate of drug-likeness (QED) is 0.407. The highest BCUT2D eigenvalue weighted by atomic mass is 35.5. The van der Waals surface area contributed by atoms with Crippen LogP contribution in [0.15, 0.2) is 72.5 Å². The number of aliphatic hydroxyl groups is 1. The largest absolute Gasteiger partial charge is 0.478 e. The van der Waals surface area contributed by atoms with Gasteiger partial charge in [0.1, 0.15) is 0 Å². The molecule has 4 N–H and O–H groups in total. The molecule has 0 spiro atoms. The van der Waals surface area contributed by atoms with Crippen LogP contribution in [0, 0.1) is 0 Å². The van der Waals surface area contributed by atoms with E-state index in [-0.39, 0.29) is 0 Å². The van der Waals surface area contributed by atoms with Crippen LogP contribution in [0.4, 0.5) is 5.69 Å². The van der Waals surface area contributed by atoms with Crippen LogP contribution in [0.2, 0.25) is 5.02 Å². The summed E-state index contributed by atoms with van der Waals surface area (Å²) in [6, 6.07) is -10.1.